The number of nitrogens with zero attached hydrogens (tertiary/aromatic N) is 1. The van der Waals surface area contributed by atoms with E-state index in [-0.39, 0.29) is 0 Å². The lowest BCUT2D eigenvalue weighted by Crippen LogP contribution is -2.16. The van der Waals surface area contributed by atoms with Gasteiger partial charge < -0.3 is 5.32 Å². The Balaban J connectivity index is 2.04. The summed E-state index contributed by atoms with van der Waals surface area (Å²) in [7, 11) is 0. The van der Waals surface area contributed by atoms with Gasteiger partial charge in [0.25, 0.3) is 0 Å². The first-order chi connectivity index (χ1) is 9.72. The van der Waals surface area contributed by atoms with Crippen LogP contribution in [0, 0.1) is 0 Å². The number of halogens is 1. The van der Waals surface area contributed by atoms with Crippen molar-refractivity contribution >= 4 is 32.5 Å². The molecular formula is C17H23BrN2. The summed E-state index contributed by atoms with van der Waals surface area (Å²) in [6.45, 7) is 4.49. The van der Waals surface area contributed by atoms with Crippen LogP contribution < -0.4 is 5.32 Å². The van der Waals surface area contributed by atoms with Crippen LogP contribution in [0.25, 0.3) is 10.8 Å². The molecule has 2 nitrogen and oxygen atoms in total. The van der Waals surface area contributed by atoms with Gasteiger partial charge in [-0.25, -0.2) is 4.98 Å². The average molecular weight is 335 g/mol. The molecule has 0 aliphatic carbocycles. The van der Waals surface area contributed by atoms with Crippen molar-refractivity contribution in [1.29, 1.82) is 0 Å². The molecular weight excluding hydrogens is 312 g/mol. The molecule has 0 spiro atoms. The molecule has 0 fully saturated rings. The second kappa shape index (κ2) is 7.63. The molecule has 2 rings (SSSR count). The van der Waals surface area contributed by atoms with Crippen LogP contribution in [0.5, 0.6) is 0 Å². The van der Waals surface area contributed by atoms with Gasteiger partial charge in [-0.3, -0.25) is 0 Å². The highest BCUT2D eigenvalue weighted by atomic mass is 79.9. The Morgan fingerprint density at radius 1 is 1.15 bits per heavy atom. The summed E-state index contributed by atoms with van der Waals surface area (Å²) in [6.07, 6.45) is 8.33. The van der Waals surface area contributed by atoms with Gasteiger partial charge in [-0.1, -0.05) is 60.7 Å². The molecule has 1 unspecified atom stereocenters. The second-order valence-corrected chi connectivity index (χ2v) is 6.24. The van der Waals surface area contributed by atoms with E-state index in [4.69, 9.17) is 0 Å². The molecule has 0 amide bonds. The number of rotatable bonds is 7. The van der Waals surface area contributed by atoms with Crippen molar-refractivity contribution in [2.45, 2.75) is 52.0 Å². The van der Waals surface area contributed by atoms with Crippen LogP contribution in [0.2, 0.25) is 0 Å². The predicted octanol–water partition coefficient (Wildman–Crippen LogP) is 5.77. The molecule has 1 heterocycles. The Hall–Kier alpha value is -1.09. The summed E-state index contributed by atoms with van der Waals surface area (Å²) in [5, 5.41) is 5.95. The first-order valence-electron chi connectivity index (χ1n) is 7.52. The van der Waals surface area contributed by atoms with Crippen LogP contribution in [-0.4, -0.2) is 11.0 Å². The molecule has 108 valence electrons. The average Bonchev–Trinajstić information content (AvgIpc) is 2.45. The highest BCUT2D eigenvalue weighted by molar-refractivity contribution is 9.10. The van der Waals surface area contributed by atoms with E-state index in [9.17, 15) is 0 Å². The van der Waals surface area contributed by atoms with Crippen LogP contribution >= 0.6 is 15.9 Å². The van der Waals surface area contributed by atoms with Gasteiger partial charge in [-0.15, -0.1) is 0 Å². The van der Waals surface area contributed by atoms with Gasteiger partial charge in [0.1, 0.15) is 5.82 Å². The van der Waals surface area contributed by atoms with Crippen molar-refractivity contribution in [1.82, 2.24) is 4.98 Å². The summed E-state index contributed by atoms with van der Waals surface area (Å²) in [5.74, 6) is 0.992. The summed E-state index contributed by atoms with van der Waals surface area (Å²) < 4.78 is 1.12. The number of pyridine rings is 1. The first-order valence-corrected chi connectivity index (χ1v) is 8.31. The van der Waals surface area contributed by atoms with Gasteiger partial charge in [-0.05, 0) is 25.5 Å². The fourth-order valence-electron chi connectivity index (χ4n) is 2.47. The Bertz CT molecular complexity index is 554. The quantitative estimate of drug-likeness (QED) is 0.650. The van der Waals surface area contributed by atoms with Crippen molar-refractivity contribution in [2.24, 2.45) is 0 Å². The topological polar surface area (TPSA) is 24.9 Å². The minimum Gasteiger partial charge on any atom is -0.367 e. The van der Waals surface area contributed by atoms with Gasteiger partial charge in [0.05, 0.1) is 0 Å². The molecule has 20 heavy (non-hydrogen) atoms. The minimum absolute atomic E-state index is 0.462. The molecule has 0 radical (unpaired) electrons. The Labute approximate surface area is 130 Å². The van der Waals surface area contributed by atoms with Crippen LogP contribution in [0.1, 0.15) is 46.0 Å². The van der Waals surface area contributed by atoms with Crippen molar-refractivity contribution in [3.05, 3.63) is 34.9 Å². The standard InChI is InChI=1S/C17H23BrN2/c1-3-4-5-6-8-13(2)20-17-15-9-7-10-16(18)14(15)11-12-19-17/h7,9-13H,3-6,8H2,1-2H3,(H,19,20). The van der Waals surface area contributed by atoms with E-state index in [2.05, 4.69) is 64.3 Å². The number of benzene rings is 1. The molecule has 1 aromatic heterocycles. The van der Waals surface area contributed by atoms with Gasteiger partial charge in [0.15, 0.2) is 0 Å². The third kappa shape index (κ3) is 3.95. The van der Waals surface area contributed by atoms with Crippen molar-refractivity contribution in [3.8, 4) is 0 Å². The normalized spacial score (nSPS) is 12.6. The van der Waals surface area contributed by atoms with E-state index < -0.39 is 0 Å². The van der Waals surface area contributed by atoms with Crippen LogP contribution in [0.3, 0.4) is 0 Å². The Morgan fingerprint density at radius 3 is 2.80 bits per heavy atom. The number of unbranched alkanes of at least 4 members (excludes halogenated alkanes) is 3. The zero-order valence-corrected chi connectivity index (χ0v) is 13.9. The van der Waals surface area contributed by atoms with Crippen molar-refractivity contribution in [3.63, 3.8) is 0 Å². The van der Waals surface area contributed by atoms with Gasteiger partial charge in [-0.2, -0.15) is 0 Å². The molecule has 0 aliphatic heterocycles. The monoisotopic (exact) mass is 334 g/mol. The number of fused-ring (bicyclic) bond motifs is 1. The maximum atomic E-state index is 4.50. The summed E-state index contributed by atoms with van der Waals surface area (Å²) >= 11 is 3.60. The van der Waals surface area contributed by atoms with E-state index >= 15 is 0 Å². The Morgan fingerprint density at radius 2 is 2.00 bits per heavy atom. The van der Waals surface area contributed by atoms with Gasteiger partial charge >= 0.3 is 0 Å². The molecule has 0 aliphatic rings. The van der Waals surface area contributed by atoms with Crippen molar-refractivity contribution in [2.75, 3.05) is 5.32 Å². The van der Waals surface area contributed by atoms with Crippen LogP contribution in [-0.2, 0) is 0 Å². The SMILES string of the molecule is CCCCCCC(C)Nc1nccc2c(Br)cccc12. The van der Waals surface area contributed by atoms with Gasteiger partial charge in [0.2, 0.25) is 0 Å². The lowest BCUT2D eigenvalue weighted by molar-refractivity contribution is 0.593. The van der Waals surface area contributed by atoms with Crippen molar-refractivity contribution < 1.29 is 0 Å². The summed E-state index contributed by atoms with van der Waals surface area (Å²) in [6, 6.07) is 8.77. The molecule has 1 N–H and O–H groups in total. The third-order valence-corrected chi connectivity index (χ3v) is 4.32. The number of hydrogen-bond acceptors (Lipinski definition) is 2. The van der Waals surface area contributed by atoms with E-state index in [0.29, 0.717) is 6.04 Å². The summed E-state index contributed by atoms with van der Waals surface area (Å²) in [5.41, 5.74) is 0. The molecule has 0 saturated carbocycles. The number of anilines is 1. The number of aromatic nitrogens is 1. The van der Waals surface area contributed by atoms with E-state index in [1.54, 1.807) is 0 Å². The zero-order chi connectivity index (χ0) is 14.4. The number of hydrogen-bond donors (Lipinski definition) is 1. The largest absolute Gasteiger partial charge is 0.367 e. The molecule has 0 saturated heterocycles. The molecule has 0 bridgehead atoms. The molecule has 3 heteroatoms. The highest BCUT2D eigenvalue weighted by Crippen LogP contribution is 2.28. The lowest BCUT2D eigenvalue weighted by atomic mass is 10.1. The maximum Gasteiger partial charge on any atom is 0.134 e. The molecule has 2 aromatic rings. The Kier molecular flexibility index (Phi) is 5.84. The maximum absolute atomic E-state index is 4.50. The first kappa shape index (κ1) is 15.3. The fraction of sp³-hybridized carbons (Fsp3) is 0.471. The van der Waals surface area contributed by atoms with E-state index in [0.717, 1.165) is 10.3 Å². The lowest BCUT2D eigenvalue weighted by Gasteiger charge is -2.16. The third-order valence-electron chi connectivity index (χ3n) is 3.63. The van der Waals surface area contributed by atoms with E-state index in [1.165, 1.54) is 42.9 Å². The smallest absolute Gasteiger partial charge is 0.134 e. The van der Waals surface area contributed by atoms with Gasteiger partial charge in [0, 0.05) is 27.5 Å². The second-order valence-electron chi connectivity index (χ2n) is 5.39. The zero-order valence-electron chi connectivity index (χ0n) is 12.3. The van der Waals surface area contributed by atoms with Crippen LogP contribution in [0.4, 0.5) is 5.82 Å². The highest BCUT2D eigenvalue weighted by Gasteiger charge is 2.07. The summed E-state index contributed by atoms with van der Waals surface area (Å²) in [4.78, 5) is 4.50. The number of nitrogens with one attached hydrogen (secondary N) is 1. The predicted molar refractivity (Wildman–Crippen MR) is 91.3 cm³/mol. The molecule has 1 aromatic carbocycles. The van der Waals surface area contributed by atoms with E-state index in [1.807, 2.05) is 6.20 Å². The minimum atomic E-state index is 0.462. The van der Waals surface area contributed by atoms with Crippen LogP contribution in [0.15, 0.2) is 34.9 Å². The molecule has 1 atom stereocenters. The fourth-order valence-corrected chi connectivity index (χ4v) is 2.97.